The van der Waals surface area contributed by atoms with Crippen LogP contribution in [0.25, 0.3) is 0 Å². The second kappa shape index (κ2) is 19.0. The highest BCUT2D eigenvalue weighted by atomic mass is 35.5. The van der Waals surface area contributed by atoms with Gasteiger partial charge in [-0.15, -0.1) is 0 Å². The molecule has 13 nitrogen and oxygen atoms in total. The first-order valence-electron chi connectivity index (χ1n) is 17.5. The van der Waals surface area contributed by atoms with Crippen molar-refractivity contribution in [2.24, 2.45) is 11.8 Å². The molecule has 2 atom stereocenters. The zero-order valence-corrected chi connectivity index (χ0v) is 33.7. The molecule has 2 saturated carbocycles. The number of carbonyl (C=O) groups excluding carboxylic acids is 3. The maximum atomic E-state index is 13.4. The van der Waals surface area contributed by atoms with E-state index in [1.807, 2.05) is 0 Å². The first-order valence-corrected chi connectivity index (χ1v) is 20.3. The van der Waals surface area contributed by atoms with Crippen LogP contribution in [0, 0.1) is 17.0 Å². The minimum Gasteiger partial charge on any atom is -0.619 e. The van der Waals surface area contributed by atoms with Gasteiger partial charge in [0.1, 0.15) is 34.0 Å². The van der Waals surface area contributed by atoms with Gasteiger partial charge in [0.05, 0.1) is 24.7 Å². The number of benzene rings is 2. The van der Waals surface area contributed by atoms with Crippen molar-refractivity contribution in [2.45, 2.75) is 71.2 Å². The fourth-order valence-electron chi connectivity index (χ4n) is 5.23. The van der Waals surface area contributed by atoms with E-state index in [0.29, 0.717) is 22.1 Å². The van der Waals surface area contributed by atoms with Gasteiger partial charge >= 0.3 is 18.6 Å². The van der Waals surface area contributed by atoms with Crippen molar-refractivity contribution in [2.75, 3.05) is 29.8 Å². The molecular formula is C37H40Cl2F2N2O11S2. The van der Waals surface area contributed by atoms with Crippen molar-refractivity contribution in [1.29, 1.82) is 0 Å². The summed E-state index contributed by atoms with van der Waals surface area (Å²) in [5.74, 6) is -1.68. The summed E-state index contributed by atoms with van der Waals surface area (Å²) in [5, 5.41) is 11.3. The highest BCUT2D eigenvalue weighted by Gasteiger charge is 2.29. The normalized spacial score (nSPS) is 15.2. The van der Waals surface area contributed by atoms with E-state index in [1.165, 1.54) is 36.4 Å². The van der Waals surface area contributed by atoms with Crippen LogP contribution in [0.15, 0.2) is 48.8 Å². The first kappa shape index (κ1) is 43.2. The molecule has 2 aliphatic carbocycles. The largest absolute Gasteiger partial charge is 0.619 e. The van der Waals surface area contributed by atoms with E-state index >= 15 is 0 Å². The molecule has 2 aromatic carbocycles. The summed E-state index contributed by atoms with van der Waals surface area (Å²) in [6, 6.07) is 8.18. The Hall–Kier alpha value is -3.90. The molecule has 5 rings (SSSR count). The van der Waals surface area contributed by atoms with E-state index in [2.05, 4.69) is 4.74 Å². The van der Waals surface area contributed by atoms with E-state index in [-0.39, 0.29) is 75.6 Å². The van der Waals surface area contributed by atoms with E-state index < -0.39 is 58.9 Å². The smallest absolute Gasteiger partial charge is 0.387 e. The molecule has 0 radical (unpaired) electrons. The number of hydrogen-bond acceptors (Lipinski definition) is 11. The fraction of sp³-hybridized carbons (Fsp3) is 0.459. The van der Waals surface area contributed by atoms with Crippen LogP contribution in [0.3, 0.4) is 0 Å². The molecule has 304 valence electrons. The summed E-state index contributed by atoms with van der Waals surface area (Å²) in [6.07, 6.45) is 4.59. The van der Waals surface area contributed by atoms with Gasteiger partial charge < -0.3 is 28.9 Å². The van der Waals surface area contributed by atoms with Gasteiger partial charge in [-0.3, -0.25) is 23.2 Å². The molecule has 0 saturated heterocycles. The van der Waals surface area contributed by atoms with Crippen molar-refractivity contribution < 1.29 is 60.3 Å². The Morgan fingerprint density at radius 3 is 2.16 bits per heavy atom. The number of rotatable bonds is 19. The second-order valence-electron chi connectivity index (χ2n) is 14.2. The standard InChI is InChI=1S/C37H40Cl2F2N2O11S2/c1-37(2,3)54-33(44)17-43(56(48)49)28-10-8-24(13-31(28)50-18-21-4-5-21)35(46)55-20-34(45)52-30(14-25-26(38)15-42(47)16-27(25)39)23-9-11-29(53-36(40)41)32(12-23)51-19-22-6-7-22/h8-13,15-16,21-22,30,36H,4-7,14,17-20H2,1-3H3,(H,48,49)/t30-/m0/s1. The van der Waals surface area contributed by atoms with E-state index in [4.69, 9.17) is 42.1 Å². The first-order chi connectivity index (χ1) is 26.4. The summed E-state index contributed by atoms with van der Waals surface area (Å²) < 4.78 is 77.8. The van der Waals surface area contributed by atoms with E-state index in [9.17, 15) is 37.1 Å². The molecule has 0 bridgehead atoms. The number of anilines is 1. The van der Waals surface area contributed by atoms with Gasteiger partial charge in [-0.25, -0.2) is 4.21 Å². The quantitative estimate of drug-likeness (QED) is 0.0548. The Balaban J connectivity index is 1.34. The lowest BCUT2D eigenvalue weighted by Gasteiger charge is -2.25. The van der Waals surface area contributed by atoms with E-state index in [1.54, 1.807) is 20.8 Å². The predicted molar refractivity (Wildman–Crippen MR) is 205 cm³/mol. The molecule has 0 amide bonds. The molecule has 2 fully saturated rings. The van der Waals surface area contributed by atoms with Crippen molar-refractivity contribution >= 4 is 69.0 Å². The fourth-order valence-corrected chi connectivity index (χ4v) is 6.98. The molecule has 0 spiro atoms. The SMILES string of the molecule is CC(C)(C)OC(=O)CN(c1ccc(C(=O)SCC(=O)O[C@@H](Cc2c(Cl)c[n+]([O-])cc2Cl)c2ccc(OC(F)F)c(OCC3CC3)c2)cc1OCC1CC1)S(=O)O. The molecular weight excluding hydrogens is 821 g/mol. The zero-order chi connectivity index (χ0) is 40.7. The van der Waals surface area contributed by atoms with E-state index in [0.717, 1.165) is 42.4 Å². The van der Waals surface area contributed by atoms with Gasteiger partial charge in [-0.2, -0.15) is 13.5 Å². The number of alkyl halides is 2. The number of pyridine rings is 1. The van der Waals surface area contributed by atoms with Gasteiger partial charge in [0.2, 0.25) is 5.12 Å². The lowest BCUT2D eigenvalue weighted by atomic mass is 10.0. The van der Waals surface area contributed by atoms with Crippen molar-refractivity contribution in [3.8, 4) is 17.2 Å². The maximum Gasteiger partial charge on any atom is 0.387 e. The molecule has 1 aromatic heterocycles. The average Bonchev–Trinajstić information content (AvgIpc) is 4.04. The molecule has 0 aliphatic heterocycles. The van der Waals surface area contributed by atoms with Crippen LogP contribution in [0.5, 0.6) is 17.2 Å². The number of carbonyl (C=O) groups is 3. The van der Waals surface area contributed by atoms with Crippen LogP contribution in [-0.2, 0) is 36.8 Å². The maximum absolute atomic E-state index is 13.4. The number of thioether (sulfide) groups is 1. The van der Waals surface area contributed by atoms with Gasteiger partial charge in [0, 0.05) is 17.5 Å². The lowest BCUT2D eigenvalue weighted by molar-refractivity contribution is -0.605. The molecule has 1 unspecified atom stereocenters. The van der Waals surface area contributed by atoms with Crippen molar-refractivity contribution in [1.82, 2.24) is 0 Å². The molecule has 1 N–H and O–H groups in total. The third-order valence-electron chi connectivity index (χ3n) is 8.29. The highest BCUT2D eigenvalue weighted by Crippen LogP contribution is 2.39. The summed E-state index contributed by atoms with van der Waals surface area (Å²) in [6.45, 7) is 1.82. The lowest BCUT2D eigenvalue weighted by Crippen LogP contribution is -2.36. The zero-order valence-electron chi connectivity index (χ0n) is 30.5. The van der Waals surface area contributed by atoms with Crippen LogP contribution in [0.2, 0.25) is 10.0 Å². The molecule has 56 heavy (non-hydrogen) atoms. The summed E-state index contributed by atoms with van der Waals surface area (Å²) in [5.41, 5.74) is -0.106. The molecule has 1 heterocycles. The van der Waals surface area contributed by atoms with Gasteiger partial charge in [0.15, 0.2) is 23.9 Å². The third kappa shape index (κ3) is 13.1. The number of aromatic nitrogens is 1. The summed E-state index contributed by atoms with van der Waals surface area (Å²) in [7, 11) is 0. The highest BCUT2D eigenvalue weighted by molar-refractivity contribution is 8.14. The second-order valence-corrected chi connectivity index (χ2v) is 16.8. The molecule has 19 heteroatoms. The van der Waals surface area contributed by atoms with Gasteiger partial charge in [-0.05, 0) is 94.2 Å². The molecule has 3 aromatic rings. The summed E-state index contributed by atoms with van der Waals surface area (Å²) >= 11 is 10.6. The average molecular weight is 862 g/mol. The minimum absolute atomic E-state index is 0.000745. The van der Waals surface area contributed by atoms with Crippen LogP contribution in [-0.4, -0.2) is 63.5 Å². The van der Waals surface area contributed by atoms with Gasteiger partial charge in [-0.1, -0.05) is 41.0 Å². The van der Waals surface area contributed by atoms with Crippen LogP contribution in [0.1, 0.15) is 74.0 Å². The number of nitrogens with zero attached hydrogens (tertiary/aromatic N) is 2. The Bertz CT molecular complexity index is 1920. The van der Waals surface area contributed by atoms with Crippen LogP contribution >= 0.6 is 35.0 Å². The number of hydrogen-bond donors (Lipinski definition) is 1. The third-order valence-corrected chi connectivity index (χ3v) is 10.5. The Labute approximate surface area is 338 Å². The van der Waals surface area contributed by atoms with Gasteiger partial charge in [0.25, 0.3) is 11.3 Å². The van der Waals surface area contributed by atoms with Crippen LogP contribution in [0.4, 0.5) is 14.5 Å². The number of ether oxygens (including phenoxy) is 5. The van der Waals surface area contributed by atoms with Crippen molar-refractivity contribution in [3.63, 3.8) is 0 Å². The topological polar surface area (TPSA) is 165 Å². The number of halogens is 4. The minimum atomic E-state index is -3.13. The van der Waals surface area contributed by atoms with Crippen molar-refractivity contribution in [3.05, 3.63) is 80.7 Å². The predicted octanol–water partition coefficient (Wildman–Crippen LogP) is 7.49. The number of esters is 2. The Morgan fingerprint density at radius 1 is 0.964 bits per heavy atom. The summed E-state index contributed by atoms with van der Waals surface area (Å²) in [4.78, 5) is 39.4. The molecule has 2 aliphatic rings. The van der Waals surface area contributed by atoms with Crippen LogP contribution < -0.4 is 23.2 Å². The Kier molecular flexibility index (Phi) is 14.7. The Morgan fingerprint density at radius 2 is 1.59 bits per heavy atom. The monoisotopic (exact) mass is 860 g/mol.